The van der Waals surface area contributed by atoms with Gasteiger partial charge in [0, 0.05) is 18.0 Å². The summed E-state index contributed by atoms with van der Waals surface area (Å²) in [6.45, 7) is 0. The first-order valence-electron chi connectivity index (χ1n) is 3.83. The van der Waals surface area contributed by atoms with Crippen LogP contribution in [0.15, 0.2) is 30.3 Å². The van der Waals surface area contributed by atoms with E-state index >= 15 is 0 Å². The van der Waals surface area contributed by atoms with Gasteiger partial charge < -0.3 is 4.98 Å². The van der Waals surface area contributed by atoms with Gasteiger partial charge in [0.2, 0.25) is 0 Å². The molecule has 0 fully saturated rings. The molecule has 1 aromatic heterocycles. The zero-order valence-electron chi connectivity index (χ0n) is 6.91. The molecule has 0 atom stereocenters. The van der Waals surface area contributed by atoms with E-state index in [9.17, 15) is 0 Å². The van der Waals surface area contributed by atoms with Crippen molar-refractivity contribution >= 4 is 16.7 Å². The summed E-state index contributed by atoms with van der Waals surface area (Å²) >= 11 is 0. The zero-order valence-corrected chi connectivity index (χ0v) is 6.91. The van der Waals surface area contributed by atoms with E-state index in [0.29, 0.717) is 0 Å². The van der Waals surface area contributed by atoms with Crippen molar-refractivity contribution in [1.29, 1.82) is 0 Å². The highest BCUT2D eigenvalue weighted by Crippen LogP contribution is 2.18. The van der Waals surface area contributed by atoms with E-state index in [-0.39, 0.29) is 0 Å². The predicted molar refractivity (Wildman–Crippen MR) is 50.9 cm³/mol. The van der Waals surface area contributed by atoms with Crippen LogP contribution in [0.4, 0.5) is 5.82 Å². The number of rotatable bonds is 1. The number of H-pyrrole nitrogens is 1. The van der Waals surface area contributed by atoms with Crippen molar-refractivity contribution in [3.63, 3.8) is 0 Å². The van der Waals surface area contributed by atoms with Crippen molar-refractivity contribution in [1.82, 2.24) is 4.98 Å². The lowest BCUT2D eigenvalue weighted by atomic mass is 10.2. The molecule has 0 saturated heterocycles. The van der Waals surface area contributed by atoms with Crippen LogP contribution in [0.2, 0.25) is 0 Å². The van der Waals surface area contributed by atoms with Gasteiger partial charge in [-0.2, -0.15) is 0 Å². The van der Waals surface area contributed by atoms with Crippen LogP contribution in [0.1, 0.15) is 0 Å². The Morgan fingerprint density at radius 3 is 2.75 bits per heavy atom. The fourth-order valence-corrected chi connectivity index (χ4v) is 1.25. The number of hydrogen-bond acceptors (Lipinski definition) is 2. The van der Waals surface area contributed by atoms with Crippen LogP contribution in [0.25, 0.3) is 10.9 Å². The first kappa shape index (κ1) is 7.18. The van der Waals surface area contributed by atoms with E-state index in [1.807, 2.05) is 31.3 Å². The minimum absolute atomic E-state index is 0.927. The lowest BCUT2D eigenvalue weighted by Crippen LogP contribution is -2.25. The molecule has 1 aromatic carbocycles. The fourth-order valence-electron chi connectivity index (χ4n) is 1.25. The standard InChI is InChI=1S/C9H11N3/c1-12(10)9-6-7-4-2-3-5-8(7)11-9/h2-6,11H,10H2,1H3. The number of fused-ring (bicyclic) bond motifs is 1. The zero-order chi connectivity index (χ0) is 8.55. The Bertz CT molecular complexity index is 356. The van der Waals surface area contributed by atoms with Crippen LogP contribution in [0.3, 0.4) is 0 Å². The molecule has 0 aliphatic heterocycles. The molecule has 3 heteroatoms. The van der Waals surface area contributed by atoms with Crippen molar-refractivity contribution in [2.24, 2.45) is 5.84 Å². The van der Waals surface area contributed by atoms with Gasteiger partial charge in [-0.15, -0.1) is 0 Å². The molecule has 0 radical (unpaired) electrons. The molecule has 1 heterocycles. The maximum Gasteiger partial charge on any atom is 0.120 e. The van der Waals surface area contributed by atoms with Crippen LogP contribution in [0.5, 0.6) is 0 Å². The number of aromatic nitrogens is 1. The number of hydrazine groups is 1. The maximum absolute atomic E-state index is 5.58. The smallest absolute Gasteiger partial charge is 0.120 e. The summed E-state index contributed by atoms with van der Waals surface area (Å²) in [6, 6.07) is 10.1. The van der Waals surface area contributed by atoms with E-state index in [2.05, 4.69) is 11.1 Å². The Balaban J connectivity index is 2.62. The van der Waals surface area contributed by atoms with E-state index in [1.54, 1.807) is 5.01 Å². The summed E-state index contributed by atoms with van der Waals surface area (Å²) in [7, 11) is 1.81. The SMILES string of the molecule is CN(N)c1cc2ccccc2[nH]1. The average Bonchev–Trinajstić information content (AvgIpc) is 2.46. The molecule has 3 nitrogen and oxygen atoms in total. The van der Waals surface area contributed by atoms with Gasteiger partial charge in [0.05, 0.1) is 0 Å². The summed E-state index contributed by atoms with van der Waals surface area (Å²) < 4.78 is 0. The Kier molecular flexibility index (Phi) is 1.52. The quantitative estimate of drug-likeness (QED) is 0.491. The van der Waals surface area contributed by atoms with Crippen LogP contribution in [0, 0.1) is 0 Å². The third-order valence-corrected chi connectivity index (χ3v) is 1.90. The van der Waals surface area contributed by atoms with Crippen LogP contribution < -0.4 is 10.9 Å². The van der Waals surface area contributed by atoms with Crippen LogP contribution >= 0.6 is 0 Å². The largest absolute Gasteiger partial charge is 0.340 e. The summed E-state index contributed by atoms with van der Waals surface area (Å²) in [5.41, 5.74) is 1.12. The van der Waals surface area contributed by atoms with E-state index < -0.39 is 0 Å². The van der Waals surface area contributed by atoms with E-state index in [4.69, 9.17) is 5.84 Å². The Morgan fingerprint density at radius 2 is 2.08 bits per heavy atom. The Labute approximate surface area is 70.8 Å². The number of anilines is 1. The lowest BCUT2D eigenvalue weighted by Gasteiger charge is -2.06. The number of nitrogens with two attached hydrogens (primary N) is 1. The molecular weight excluding hydrogens is 150 g/mol. The number of hydrogen-bond donors (Lipinski definition) is 2. The highest BCUT2D eigenvalue weighted by Gasteiger charge is 1.99. The molecule has 0 unspecified atom stereocenters. The average molecular weight is 161 g/mol. The maximum atomic E-state index is 5.58. The van der Waals surface area contributed by atoms with Gasteiger partial charge in [-0.3, -0.25) is 5.01 Å². The van der Waals surface area contributed by atoms with Crippen molar-refractivity contribution < 1.29 is 0 Å². The monoisotopic (exact) mass is 161 g/mol. The van der Waals surface area contributed by atoms with Crippen molar-refractivity contribution in [3.8, 4) is 0 Å². The number of para-hydroxylation sites is 1. The summed E-state index contributed by atoms with van der Waals surface area (Å²) in [5.74, 6) is 6.51. The highest BCUT2D eigenvalue weighted by atomic mass is 15.4. The van der Waals surface area contributed by atoms with E-state index in [0.717, 1.165) is 11.3 Å². The van der Waals surface area contributed by atoms with Crippen molar-refractivity contribution in [3.05, 3.63) is 30.3 Å². The molecule has 2 rings (SSSR count). The molecule has 0 saturated carbocycles. The van der Waals surface area contributed by atoms with Crippen LogP contribution in [-0.2, 0) is 0 Å². The normalized spacial score (nSPS) is 10.5. The molecule has 0 aliphatic carbocycles. The number of aromatic amines is 1. The molecule has 3 N–H and O–H groups in total. The van der Waals surface area contributed by atoms with Gasteiger partial charge in [-0.25, -0.2) is 5.84 Å². The van der Waals surface area contributed by atoms with Gasteiger partial charge in [0.25, 0.3) is 0 Å². The minimum atomic E-state index is 0.927. The van der Waals surface area contributed by atoms with Gasteiger partial charge in [0.15, 0.2) is 0 Å². The number of benzene rings is 1. The van der Waals surface area contributed by atoms with Crippen molar-refractivity contribution in [2.45, 2.75) is 0 Å². The molecule has 0 aliphatic rings. The van der Waals surface area contributed by atoms with Gasteiger partial charge in [-0.05, 0) is 12.1 Å². The molecular formula is C9H11N3. The summed E-state index contributed by atoms with van der Waals surface area (Å²) in [4.78, 5) is 3.20. The Hall–Kier alpha value is -1.48. The number of nitrogens with one attached hydrogen (secondary N) is 1. The molecule has 0 bridgehead atoms. The van der Waals surface area contributed by atoms with Gasteiger partial charge in [0.1, 0.15) is 5.82 Å². The molecule has 2 aromatic rings. The highest BCUT2D eigenvalue weighted by molar-refractivity contribution is 5.83. The Morgan fingerprint density at radius 1 is 1.33 bits per heavy atom. The molecule has 62 valence electrons. The lowest BCUT2D eigenvalue weighted by molar-refractivity contribution is 0.992. The second-order valence-electron chi connectivity index (χ2n) is 2.85. The second kappa shape index (κ2) is 2.53. The van der Waals surface area contributed by atoms with Gasteiger partial charge >= 0.3 is 0 Å². The molecule has 0 spiro atoms. The predicted octanol–water partition coefficient (Wildman–Crippen LogP) is 1.48. The fraction of sp³-hybridized carbons (Fsp3) is 0.111. The topological polar surface area (TPSA) is 45.0 Å². The first-order chi connectivity index (χ1) is 5.77. The third kappa shape index (κ3) is 1.04. The number of nitrogens with zero attached hydrogens (tertiary/aromatic N) is 1. The van der Waals surface area contributed by atoms with Gasteiger partial charge in [-0.1, -0.05) is 18.2 Å². The summed E-state index contributed by atoms with van der Waals surface area (Å²) in [6.07, 6.45) is 0. The molecule has 0 amide bonds. The minimum Gasteiger partial charge on any atom is -0.340 e. The summed E-state index contributed by atoms with van der Waals surface area (Å²) in [5, 5.41) is 2.75. The van der Waals surface area contributed by atoms with Crippen molar-refractivity contribution in [2.75, 3.05) is 12.1 Å². The third-order valence-electron chi connectivity index (χ3n) is 1.90. The molecule has 12 heavy (non-hydrogen) atoms. The second-order valence-corrected chi connectivity index (χ2v) is 2.85. The van der Waals surface area contributed by atoms with Crippen LogP contribution in [-0.4, -0.2) is 12.0 Å². The van der Waals surface area contributed by atoms with E-state index in [1.165, 1.54) is 5.39 Å². The first-order valence-corrected chi connectivity index (χ1v) is 3.83.